The van der Waals surface area contributed by atoms with Gasteiger partial charge in [-0.15, -0.1) is 0 Å². The Morgan fingerprint density at radius 1 is 1.44 bits per heavy atom. The molecule has 1 atom stereocenters. The van der Waals surface area contributed by atoms with Gasteiger partial charge >= 0.3 is 0 Å². The Balaban J connectivity index is 2.91. The highest BCUT2D eigenvalue weighted by molar-refractivity contribution is 6.30. The van der Waals surface area contributed by atoms with Gasteiger partial charge in [-0.2, -0.15) is 0 Å². The second-order valence-corrected chi connectivity index (χ2v) is 3.91. The van der Waals surface area contributed by atoms with E-state index < -0.39 is 11.5 Å². The van der Waals surface area contributed by atoms with Crippen molar-refractivity contribution in [2.75, 3.05) is 6.54 Å². The molecule has 0 radical (unpaired) electrons. The first-order valence-electron chi connectivity index (χ1n) is 4.98. The molecule has 1 rings (SSSR count). The topological polar surface area (TPSA) is 78.3 Å². The van der Waals surface area contributed by atoms with Gasteiger partial charge in [0.05, 0.1) is 0 Å². The number of benzene rings is 1. The van der Waals surface area contributed by atoms with Crippen LogP contribution >= 0.6 is 11.6 Å². The van der Waals surface area contributed by atoms with Crippen molar-refractivity contribution >= 4 is 17.5 Å². The summed E-state index contributed by atoms with van der Waals surface area (Å²) in [5.74, 6) is -0.0389. The second-order valence-electron chi connectivity index (χ2n) is 3.47. The lowest BCUT2D eigenvalue weighted by Crippen LogP contribution is -2.54. The Bertz CT molecular complexity index is 361. The smallest absolute Gasteiger partial charge is 0.262 e. The van der Waals surface area contributed by atoms with E-state index >= 15 is 0 Å². The molecule has 0 fully saturated rings. The molecule has 0 aromatic heterocycles. The van der Waals surface area contributed by atoms with Crippen molar-refractivity contribution in [1.82, 2.24) is 0 Å². The van der Waals surface area contributed by atoms with E-state index in [2.05, 4.69) is 0 Å². The van der Waals surface area contributed by atoms with Gasteiger partial charge in [0.15, 0.2) is 5.60 Å². The molecule has 0 aliphatic heterocycles. The summed E-state index contributed by atoms with van der Waals surface area (Å²) in [4.78, 5) is 11.3. The summed E-state index contributed by atoms with van der Waals surface area (Å²) < 4.78 is 5.56. The summed E-state index contributed by atoms with van der Waals surface area (Å²) in [7, 11) is 0. The van der Waals surface area contributed by atoms with Crippen LogP contribution in [-0.4, -0.2) is 18.1 Å². The van der Waals surface area contributed by atoms with Gasteiger partial charge < -0.3 is 16.2 Å². The molecule has 4 N–H and O–H groups in total. The zero-order valence-electron chi connectivity index (χ0n) is 9.07. The fourth-order valence-corrected chi connectivity index (χ4v) is 1.44. The number of hydrogen-bond acceptors (Lipinski definition) is 3. The molecule has 0 heterocycles. The fraction of sp³-hybridized carbons (Fsp3) is 0.364. The van der Waals surface area contributed by atoms with E-state index in [1.54, 1.807) is 31.2 Å². The number of ether oxygens (including phenoxy) is 1. The Morgan fingerprint density at radius 2 is 2.00 bits per heavy atom. The number of carbonyl (C=O) groups is 1. The number of amides is 1. The van der Waals surface area contributed by atoms with Gasteiger partial charge in [-0.3, -0.25) is 4.79 Å². The molecule has 4 nitrogen and oxygen atoms in total. The van der Waals surface area contributed by atoms with E-state index in [1.807, 2.05) is 0 Å². The van der Waals surface area contributed by atoms with Crippen LogP contribution in [0.5, 0.6) is 5.75 Å². The lowest BCUT2D eigenvalue weighted by molar-refractivity contribution is -0.132. The molecule has 0 saturated heterocycles. The van der Waals surface area contributed by atoms with E-state index in [1.165, 1.54) is 0 Å². The third-order valence-corrected chi connectivity index (χ3v) is 2.73. The third kappa shape index (κ3) is 2.65. The second kappa shape index (κ2) is 5.18. The number of hydrogen-bond donors (Lipinski definition) is 2. The highest BCUT2D eigenvalue weighted by Crippen LogP contribution is 2.22. The summed E-state index contributed by atoms with van der Waals surface area (Å²) >= 11 is 5.74. The fourth-order valence-electron chi connectivity index (χ4n) is 1.31. The van der Waals surface area contributed by atoms with Crippen LogP contribution in [-0.2, 0) is 4.79 Å². The Kier molecular flexibility index (Phi) is 4.15. The molecule has 0 aliphatic carbocycles. The summed E-state index contributed by atoms with van der Waals surface area (Å²) in [6, 6.07) is 6.69. The minimum absolute atomic E-state index is 0.0431. The standard InChI is InChI=1S/C11H15ClN2O2/c1-2-11(7-13,10(14)15)16-9-5-3-8(12)4-6-9/h3-6H,2,7,13H2,1H3,(H2,14,15). The van der Waals surface area contributed by atoms with Crippen molar-refractivity contribution in [3.63, 3.8) is 0 Å². The Hall–Kier alpha value is -1.26. The van der Waals surface area contributed by atoms with Crippen LogP contribution < -0.4 is 16.2 Å². The van der Waals surface area contributed by atoms with Crippen molar-refractivity contribution in [2.24, 2.45) is 11.5 Å². The zero-order chi connectivity index (χ0) is 12.2. The highest BCUT2D eigenvalue weighted by atomic mass is 35.5. The maximum atomic E-state index is 11.3. The molecule has 5 heteroatoms. The predicted molar refractivity (Wildman–Crippen MR) is 63.4 cm³/mol. The van der Waals surface area contributed by atoms with Crippen LogP contribution in [0.3, 0.4) is 0 Å². The van der Waals surface area contributed by atoms with Crippen LogP contribution in [0, 0.1) is 0 Å². The maximum Gasteiger partial charge on any atom is 0.262 e. The normalized spacial score (nSPS) is 14.2. The zero-order valence-corrected chi connectivity index (χ0v) is 9.83. The van der Waals surface area contributed by atoms with Crippen molar-refractivity contribution in [3.05, 3.63) is 29.3 Å². The maximum absolute atomic E-state index is 11.3. The van der Waals surface area contributed by atoms with Crippen molar-refractivity contribution in [2.45, 2.75) is 18.9 Å². The Morgan fingerprint density at radius 3 is 2.38 bits per heavy atom. The van der Waals surface area contributed by atoms with Gasteiger partial charge in [-0.25, -0.2) is 0 Å². The average Bonchev–Trinajstić information content (AvgIpc) is 2.28. The first-order chi connectivity index (χ1) is 7.54. The van der Waals surface area contributed by atoms with Crippen molar-refractivity contribution < 1.29 is 9.53 Å². The van der Waals surface area contributed by atoms with E-state index in [0.717, 1.165) is 0 Å². The van der Waals surface area contributed by atoms with Gasteiger partial charge in [-0.1, -0.05) is 18.5 Å². The van der Waals surface area contributed by atoms with Gasteiger partial charge in [0.25, 0.3) is 5.91 Å². The van der Waals surface area contributed by atoms with Crippen LogP contribution in [0.2, 0.25) is 5.02 Å². The number of primary amides is 1. The van der Waals surface area contributed by atoms with Crippen molar-refractivity contribution in [3.8, 4) is 5.75 Å². The van der Waals surface area contributed by atoms with E-state index in [9.17, 15) is 4.79 Å². The van der Waals surface area contributed by atoms with Crippen LogP contribution in [0.25, 0.3) is 0 Å². The molecule has 0 saturated carbocycles. The predicted octanol–water partition coefficient (Wildman–Crippen LogP) is 1.31. The van der Waals surface area contributed by atoms with E-state index in [4.69, 9.17) is 27.8 Å². The third-order valence-electron chi connectivity index (χ3n) is 2.48. The lowest BCUT2D eigenvalue weighted by atomic mass is 10.00. The molecular formula is C11H15ClN2O2. The molecule has 0 spiro atoms. The van der Waals surface area contributed by atoms with Crippen molar-refractivity contribution in [1.29, 1.82) is 0 Å². The summed E-state index contributed by atoms with van der Waals surface area (Å²) in [6.07, 6.45) is 0.418. The van der Waals surface area contributed by atoms with Gasteiger partial charge in [-0.05, 0) is 30.7 Å². The number of carbonyl (C=O) groups excluding carboxylic acids is 1. The highest BCUT2D eigenvalue weighted by Gasteiger charge is 2.35. The largest absolute Gasteiger partial charge is 0.476 e. The molecular weight excluding hydrogens is 228 g/mol. The molecule has 0 bridgehead atoms. The van der Waals surface area contributed by atoms with Gasteiger partial charge in [0.2, 0.25) is 0 Å². The monoisotopic (exact) mass is 242 g/mol. The molecule has 1 amide bonds. The molecule has 1 aromatic carbocycles. The first kappa shape index (κ1) is 12.8. The molecule has 16 heavy (non-hydrogen) atoms. The average molecular weight is 243 g/mol. The van der Waals surface area contributed by atoms with Crippen LogP contribution in [0.15, 0.2) is 24.3 Å². The summed E-state index contributed by atoms with van der Waals surface area (Å²) in [5, 5.41) is 0.598. The molecule has 88 valence electrons. The number of nitrogens with two attached hydrogens (primary N) is 2. The number of rotatable bonds is 5. The molecule has 1 aromatic rings. The molecule has 1 unspecified atom stereocenters. The van der Waals surface area contributed by atoms with Gasteiger partial charge in [0, 0.05) is 11.6 Å². The minimum atomic E-state index is -1.15. The quantitative estimate of drug-likeness (QED) is 0.817. The first-order valence-corrected chi connectivity index (χ1v) is 5.36. The van der Waals surface area contributed by atoms with Crippen LogP contribution in [0.1, 0.15) is 13.3 Å². The van der Waals surface area contributed by atoms with E-state index in [-0.39, 0.29) is 6.54 Å². The summed E-state index contributed by atoms with van der Waals surface area (Å²) in [5.41, 5.74) is 9.70. The molecule has 0 aliphatic rings. The number of halogens is 1. The SMILES string of the molecule is CCC(CN)(Oc1ccc(Cl)cc1)C(N)=O. The van der Waals surface area contributed by atoms with E-state index in [0.29, 0.717) is 17.2 Å². The lowest BCUT2D eigenvalue weighted by Gasteiger charge is -2.28. The van der Waals surface area contributed by atoms with Gasteiger partial charge in [0.1, 0.15) is 5.75 Å². The minimum Gasteiger partial charge on any atom is -0.476 e. The Labute approximate surface area is 99.5 Å². The van der Waals surface area contributed by atoms with Crippen LogP contribution in [0.4, 0.5) is 0 Å². The summed E-state index contributed by atoms with van der Waals surface area (Å²) in [6.45, 7) is 1.84.